The van der Waals surface area contributed by atoms with E-state index in [4.69, 9.17) is 32.4 Å². The number of ether oxygens (including phenoxy) is 1. The number of nitrogens with zero attached hydrogens (tertiary/aromatic N) is 2. The number of rotatable bonds is 7. The highest BCUT2D eigenvalue weighted by Crippen LogP contribution is 2.42. The summed E-state index contributed by atoms with van der Waals surface area (Å²) in [6.07, 6.45) is 2.52. The van der Waals surface area contributed by atoms with Gasteiger partial charge in [0.15, 0.2) is 11.3 Å². The number of carbonyl (C=O) groups is 3. The lowest BCUT2D eigenvalue weighted by Crippen LogP contribution is -2.58. The summed E-state index contributed by atoms with van der Waals surface area (Å²) < 4.78 is 11.2. The molecule has 11 heteroatoms. The first kappa shape index (κ1) is 22.3. The zero-order valence-electron chi connectivity index (χ0n) is 17.3. The van der Waals surface area contributed by atoms with E-state index in [0.717, 1.165) is 5.56 Å². The molecule has 0 saturated heterocycles. The van der Waals surface area contributed by atoms with Gasteiger partial charge < -0.3 is 14.1 Å². The van der Waals surface area contributed by atoms with Gasteiger partial charge in [-0.05, 0) is 24.7 Å². The lowest BCUT2D eigenvalue weighted by Gasteiger charge is -2.33. The van der Waals surface area contributed by atoms with Gasteiger partial charge in [0.05, 0.1) is 35.8 Å². The van der Waals surface area contributed by atoms with Gasteiger partial charge >= 0.3 is 0 Å². The van der Waals surface area contributed by atoms with Gasteiger partial charge in [-0.3, -0.25) is 30.0 Å². The molecule has 2 aromatic rings. The molecule has 32 heavy (non-hydrogen) atoms. The number of likely N-dealkylation sites (N-methyl/N-ethyl adjacent to an activating group) is 1. The fraction of sp³-hybridized carbons (Fsp3) is 0.333. The molecule has 0 saturated carbocycles. The van der Waals surface area contributed by atoms with E-state index in [1.54, 1.807) is 25.4 Å². The zero-order valence-corrected chi connectivity index (χ0v) is 18.8. The molecule has 1 unspecified atom stereocenters. The topological polar surface area (TPSA) is 113 Å². The van der Waals surface area contributed by atoms with Gasteiger partial charge in [-0.25, -0.2) is 0 Å². The van der Waals surface area contributed by atoms with E-state index < -0.39 is 17.4 Å². The Morgan fingerprint density at radius 2 is 2.16 bits per heavy atom. The second-order valence-corrected chi connectivity index (χ2v) is 8.22. The number of halogens is 2. The average molecular weight is 479 g/mol. The van der Waals surface area contributed by atoms with Crippen molar-refractivity contribution in [2.75, 3.05) is 20.7 Å². The summed E-state index contributed by atoms with van der Waals surface area (Å²) in [7, 11) is 2.97. The average Bonchev–Trinajstić information content (AvgIpc) is 3.33. The van der Waals surface area contributed by atoms with Crippen molar-refractivity contribution >= 4 is 47.6 Å². The van der Waals surface area contributed by atoms with E-state index in [-0.39, 0.29) is 40.2 Å². The molecule has 0 bridgehead atoms. The van der Waals surface area contributed by atoms with Crippen molar-refractivity contribution in [1.29, 1.82) is 0 Å². The van der Waals surface area contributed by atoms with Crippen LogP contribution >= 0.6 is 23.2 Å². The highest BCUT2D eigenvalue weighted by atomic mass is 35.5. The second kappa shape index (κ2) is 8.57. The number of aliphatic imine (C=N–C) groups is 1. The van der Waals surface area contributed by atoms with E-state index in [9.17, 15) is 14.4 Å². The Bertz CT molecular complexity index is 1120. The van der Waals surface area contributed by atoms with Gasteiger partial charge in [-0.1, -0.05) is 23.2 Å². The van der Waals surface area contributed by atoms with Gasteiger partial charge in [-0.15, -0.1) is 0 Å². The third kappa shape index (κ3) is 3.46. The van der Waals surface area contributed by atoms with Crippen LogP contribution in [0, 0.1) is 0 Å². The smallest absolute Gasteiger partial charge is 0.256 e. The van der Waals surface area contributed by atoms with Crippen LogP contribution < -0.4 is 15.4 Å². The normalized spacial score (nSPS) is 16.4. The van der Waals surface area contributed by atoms with Crippen LogP contribution in [0.2, 0.25) is 10.0 Å². The number of hydrogen-bond donors (Lipinski definition) is 2. The SMILES string of the molecule is CNC(CN1Cc2cc(Cl)c(OC)c(Cl)c2C1=O)(C(=O)NC=O)c1cc2c(o1)CC=NC2. The molecule has 168 valence electrons. The lowest BCUT2D eigenvalue weighted by atomic mass is 9.93. The van der Waals surface area contributed by atoms with Crippen LogP contribution in [0.1, 0.15) is 33.0 Å². The molecule has 1 aromatic carbocycles. The molecule has 4 rings (SSSR count). The maximum atomic E-state index is 13.3. The number of methoxy groups -OCH3 is 1. The quantitative estimate of drug-likeness (QED) is 0.588. The second-order valence-electron chi connectivity index (χ2n) is 7.43. The molecule has 3 heterocycles. The first-order valence-corrected chi connectivity index (χ1v) is 10.5. The first-order chi connectivity index (χ1) is 15.4. The van der Waals surface area contributed by atoms with E-state index in [1.807, 2.05) is 0 Å². The Hall–Kier alpha value is -2.88. The molecule has 0 aliphatic carbocycles. The molecule has 0 radical (unpaired) electrons. The van der Waals surface area contributed by atoms with Crippen LogP contribution in [0.5, 0.6) is 5.75 Å². The van der Waals surface area contributed by atoms with Crippen molar-refractivity contribution in [1.82, 2.24) is 15.5 Å². The minimum absolute atomic E-state index is 0.112. The predicted molar refractivity (Wildman–Crippen MR) is 117 cm³/mol. The van der Waals surface area contributed by atoms with Gasteiger partial charge in [0, 0.05) is 24.7 Å². The van der Waals surface area contributed by atoms with Crippen molar-refractivity contribution in [2.24, 2.45) is 4.99 Å². The number of imide groups is 1. The highest BCUT2D eigenvalue weighted by Gasteiger charge is 2.47. The van der Waals surface area contributed by atoms with Gasteiger partial charge in [0.2, 0.25) is 6.41 Å². The van der Waals surface area contributed by atoms with Crippen molar-refractivity contribution in [2.45, 2.75) is 25.0 Å². The van der Waals surface area contributed by atoms with Crippen molar-refractivity contribution in [3.63, 3.8) is 0 Å². The predicted octanol–water partition coefficient (Wildman–Crippen LogP) is 2.07. The number of fused-ring (bicyclic) bond motifs is 2. The van der Waals surface area contributed by atoms with Crippen LogP contribution in [-0.2, 0) is 34.6 Å². The van der Waals surface area contributed by atoms with Crippen LogP contribution in [0.15, 0.2) is 21.5 Å². The summed E-state index contributed by atoms with van der Waals surface area (Å²) >= 11 is 12.6. The third-order valence-electron chi connectivity index (χ3n) is 5.74. The Kier molecular flexibility index (Phi) is 5.98. The molecule has 2 aliphatic rings. The number of carbonyl (C=O) groups excluding carboxylic acids is 3. The largest absolute Gasteiger partial charge is 0.494 e. The van der Waals surface area contributed by atoms with Crippen molar-refractivity contribution < 1.29 is 23.5 Å². The lowest BCUT2D eigenvalue weighted by molar-refractivity contribution is -0.132. The summed E-state index contributed by atoms with van der Waals surface area (Å²) in [4.78, 5) is 43.1. The summed E-state index contributed by atoms with van der Waals surface area (Å²) in [6.45, 7) is 0.467. The third-order valence-corrected chi connectivity index (χ3v) is 6.38. The number of furan rings is 1. The van der Waals surface area contributed by atoms with Gasteiger partial charge in [-0.2, -0.15) is 0 Å². The zero-order chi connectivity index (χ0) is 23.0. The van der Waals surface area contributed by atoms with Crippen LogP contribution in [0.4, 0.5) is 0 Å². The summed E-state index contributed by atoms with van der Waals surface area (Å²) in [6, 6.07) is 3.35. The molecule has 0 fully saturated rings. The highest BCUT2D eigenvalue weighted by molar-refractivity contribution is 6.39. The van der Waals surface area contributed by atoms with E-state index >= 15 is 0 Å². The van der Waals surface area contributed by atoms with E-state index in [0.29, 0.717) is 30.7 Å². The molecule has 2 aliphatic heterocycles. The van der Waals surface area contributed by atoms with Crippen LogP contribution in [0.25, 0.3) is 0 Å². The Morgan fingerprint density at radius 1 is 1.38 bits per heavy atom. The minimum Gasteiger partial charge on any atom is -0.494 e. The molecule has 3 amide bonds. The van der Waals surface area contributed by atoms with E-state index in [1.165, 1.54) is 12.0 Å². The van der Waals surface area contributed by atoms with Crippen LogP contribution in [0.3, 0.4) is 0 Å². The standard InChI is InChI=1S/C21H20Cl2N4O5/c1-24-21(20(30)26-10-28,15-6-11-7-25-4-3-14(11)32-15)9-27-8-12-5-13(22)18(31-2)17(23)16(12)19(27)29/h4-6,10,24H,3,7-9H2,1-2H3,(H,26,28,30). The maximum Gasteiger partial charge on any atom is 0.256 e. The molecule has 1 aromatic heterocycles. The van der Waals surface area contributed by atoms with Crippen molar-refractivity contribution in [3.05, 3.63) is 50.4 Å². The maximum absolute atomic E-state index is 13.3. The van der Waals surface area contributed by atoms with Gasteiger partial charge in [0.25, 0.3) is 11.8 Å². The molecule has 1 atom stereocenters. The number of benzene rings is 1. The number of nitrogens with one attached hydrogen (secondary N) is 2. The molecular weight excluding hydrogens is 459 g/mol. The number of hydrogen-bond acceptors (Lipinski definition) is 7. The fourth-order valence-electron chi connectivity index (χ4n) is 4.09. The van der Waals surface area contributed by atoms with Gasteiger partial charge in [0.1, 0.15) is 11.5 Å². The molecule has 9 nitrogen and oxygen atoms in total. The van der Waals surface area contributed by atoms with Crippen molar-refractivity contribution in [3.8, 4) is 5.75 Å². The monoisotopic (exact) mass is 478 g/mol. The Balaban J connectivity index is 1.74. The Morgan fingerprint density at radius 3 is 2.81 bits per heavy atom. The molecular formula is C21H20Cl2N4O5. The molecule has 2 N–H and O–H groups in total. The minimum atomic E-state index is -1.53. The summed E-state index contributed by atoms with van der Waals surface area (Å²) in [5.41, 5.74) is 0.187. The van der Waals surface area contributed by atoms with Crippen LogP contribution in [-0.4, -0.2) is 50.0 Å². The number of amides is 3. The summed E-state index contributed by atoms with van der Waals surface area (Å²) in [5, 5.41) is 5.54. The molecule has 0 spiro atoms. The van der Waals surface area contributed by atoms with E-state index in [2.05, 4.69) is 15.6 Å². The summed E-state index contributed by atoms with van der Waals surface area (Å²) in [5.74, 6) is 0.120. The Labute approximate surface area is 193 Å². The first-order valence-electron chi connectivity index (χ1n) is 9.74. The fourth-order valence-corrected chi connectivity index (χ4v) is 4.82.